The van der Waals surface area contributed by atoms with Crippen LogP contribution in [0, 0.1) is 0 Å². The van der Waals surface area contributed by atoms with E-state index in [1.54, 1.807) is 39.0 Å². The van der Waals surface area contributed by atoms with Crippen LogP contribution in [0.25, 0.3) is 0 Å². The Morgan fingerprint density at radius 2 is 2.05 bits per heavy atom. The highest BCUT2D eigenvalue weighted by Crippen LogP contribution is 2.37. The van der Waals surface area contributed by atoms with Crippen molar-refractivity contribution in [2.24, 2.45) is 0 Å². The monoisotopic (exact) mass is 297 g/mol. The zero-order chi connectivity index (χ0) is 15.1. The highest BCUT2D eigenvalue weighted by atomic mass is 35.5. The first-order chi connectivity index (χ1) is 9.20. The van der Waals surface area contributed by atoms with Crippen LogP contribution in [0.4, 0.5) is 10.5 Å². The van der Waals surface area contributed by atoms with Crippen molar-refractivity contribution in [3.63, 3.8) is 0 Å². The molecule has 0 fully saturated rings. The summed E-state index contributed by atoms with van der Waals surface area (Å²) in [4.78, 5) is 24.8. The number of carbonyl (C=O) groups is 2. The Bertz CT molecular complexity index is 565. The summed E-state index contributed by atoms with van der Waals surface area (Å²) in [6, 6.07) is 4.05. The van der Waals surface area contributed by atoms with Crippen LogP contribution in [0.2, 0.25) is 5.02 Å². The average Bonchev–Trinajstić information content (AvgIpc) is 2.67. The van der Waals surface area contributed by atoms with Crippen LogP contribution < -0.4 is 4.90 Å². The number of nitrogens with zero attached hydrogens (tertiary/aromatic N) is 1. The fourth-order valence-corrected chi connectivity index (χ4v) is 2.41. The van der Waals surface area contributed by atoms with Gasteiger partial charge in [0.2, 0.25) is 0 Å². The second kappa shape index (κ2) is 4.98. The van der Waals surface area contributed by atoms with E-state index in [4.69, 9.17) is 16.3 Å². The zero-order valence-electron chi connectivity index (χ0n) is 11.5. The summed E-state index contributed by atoms with van der Waals surface area (Å²) in [6.45, 7) is 5.20. The third-order valence-corrected chi connectivity index (χ3v) is 3.29. The van der Waals surface area contributed by atoms with Gasteiger partial charge in [0.05, 0.1) is 5.69 Å². The number of halogens is 1. The number of benzene rings is 1. The molecule has 1 aliphatic heterocycles. The molecule has 1 unspecified atom stereocenters. The number of ether oxygens (including phenoxy) is 1. The molecule has 2 rings (SSSR count). The Kier molecular flexibility index (Phi) is 3.65. The number of carboxylic acid groups (broad SMARTS) is 1. The SMILES string of the molecule is CC(C)(C)OC(=O)N1c2cccc(Cl)c2CC1C(=O)O. The van der Waals surface area contributed by atoms with Gasteiger partial charge < -0.3 is 9.84 Å². The number of carbonyl (C=O) groups excluding carboxylic acids is 1. The number of fused-ring (bicyclic) bond motifs is 1. The Morgan fingerprint density at radius 3 is 2.60 bits per heavy atom. The molecule has 0 aromatic heterocycles. The van der Waals surface area contributed by atoms with Crippen LogP contribution in [0.3, 0.4) is 0 Å². The van der Waals surface area contributed by atoms with E-state index in [0.29, 0.717) is 16.3 Å². The molecule has 1 aliphatic rings. The minimum Gasteiger partial charge on any atom is -0.480 e. The third-order valence-electron chi connectivity index (χ3n) is 2.94. The summed E-state index contributed by atoms with van der Waals surface area (Å²) in [5.41, 5.74) is 0.466. The lowest BCUT2D eigenvalue weighted by Crippen LogP contribution is -2.45. The maximum Gasteiger partial charge on any atom is 0.415 e. The quantitative estimate of drug-likeness (QED) is 0.865. The molecular formula is C14H16ClNO4. The molecule has 0 spiro atoms. The topological polar surface area (TPSA) is 66.8 Å². The largest absolute Gasteiger partial charge is 0.480 e. The van der Waals surface area contributed by atoms with Crippen LogP contribution in [-0.4, -0.2) is 28.8 Å². The fraction of sp³-hybridized carbons (Fsp3) is 0.429. The number of carboxylic acids is 1. The van der Waals surface area contributed by atoms with Crippen molar-refractivity contribution in [1.29, 1.82) is 0 Å². The van der Waals surface area contributed by atoms with E-state index >= 15 is 0 Å². The molecule has 1 aromatic carbocycles. The summed E-state index contributed by atoms with van der Waals surface area (Å²) in [6.07, 6.45) is -0.491. The molecule has 0 saturated heterocycles. The molecule has 108 valence electrons. The lowest BCUT2D eigenvalue weighted by Gasteiger charge is -2.27. The van der Waals surface area contributed by atoms with Gasteiger partial charge in [-0.2, -0.15) is 0 Å². The maximum atomic E-state index is 12.2. The van der Waals surface area contributed by atoms with Gasteiger partial charge in [0.1, 0.15) is 11.6 Å². The molecule has 20 heavy (non-hydrogen) atoms. The van der Waals surface area contributed by atoms with Crippen LogP contribution in [0.15, 0.2) is 18.2 Å². The highest BCUT2D eigenvalue weighted by molar-refractivity contribution is 6.32. The maximum absolute atomic E-state index is 12.2. The van der Waals surface area contributed by atoms with Crippen LogP contribution in [-0.2, 0) is 16.0 Å². The van der Waals surface area contributed by atoms with Gasteiger partial charge in [-0.3, -0.25) is 4.90 Å². The molecule has 1 amide bonds. The Balaban J connectivity index is 2.41. The second-order valence-corrected chi connectivity index (χ2v) is 6.05. The highest BCUT2D eigenvalue weighted by Gasteiger charge is 2.41. The van der Waals surface area contributed by atoms with Crippen molar-refractivity contribution in [3.8, 4) is 0 Å². The van der Waals surface area contributed by atoms with Gasteiger partial charge in [-0.1, -0.05) is 17.7 Å². The molecule has 0 aliphatic carbocycles. The molecule has 0 bridgehead atoms. The molecule has 1 heterocycles. The first-order valence-corrected chi connectivity index (χ1v) is 6.61. The third kappa shape index (κ3) is 2.72. The van der Waals surface area contributed by atoms with Gasteiger partial charge in [-0.15, -0.1) is 0 Å². The van der Waals surface area contributed by atoms with Gasteiger partial charge in [0.25, 0.3) is 0 Å². The van der Waals surface area contributed by atoms with Gasteiger partial charge in [-0.25, -0.2) is 9.59 Å². The van der Waals surface area contributed by atoms with Crippen molar-refractivity contribution in [2.75, 3.05) is 4.90 Å². The fourth-order valence-electron chi connectivity index (χ4n) is 2.16. The number of anilines is 1. The number of rotatable bonds is 1. The molecule has 6 heteroatoms. The number of hydrogen-bond acceptors (Lipinski definition) is 3. The second-order valence-electron chi connectivity index (χ2n) is 5.65. The van der Waals surface area contributed by atoms with Gasteiger partial charge in [-0.05, 0) is 38.5 Å². The predicted octanol–water partition coefficient (Wildman–Crippen LogP) is 3.09. The smallest absolute Gasteiger partial charge is 0.415 e. The molecule has 5 nitrogen and oxygen atoms in total. The lowest BCUT2D eigenvalue weighted by molar-refractivity contribution is -0.138. The molecular weight excluding hydrogens is 282 g/mol. The van der Waals surface area contributed by atoms with E-state index in [1.165, 1.54) is 0 Å². The predicted molar refractivity (Wildman–Crippen MR) is 75.3 cm³/mol. The van der Waals surface area contributed by atoms with Gasteiger partial charge >= 0.3 is 12.1 Å². The Morgan fingerprint density at radius 1 is 1.40 bits per heavy atom. The van der Waals surface area contributed by atoms with E-state index in [-0.39, 0.29) is 6.42 Å². The summed E-state index contributed by atoms with van der Waals surface area (Å²) in [5.74, 6) is -1.08. The average molecular weight is 298 g/mol. The van der Waals surface area contributed by atoms with Crippen molar-refractivity contribution in [1.82, 2.24) is 0 Å². The van der Waals surface area contributed by atoms with E-state index in [0.717, 1.165) is 4.90 Å². The van der Waals surface area contributed by atoms with Gasteiger partial charge in [0.15, 0.2) is 0 Å². The van der Waals surface area contributed by atoms with E-state index in [2.05, 4.69) is 0 Å². The van der Waals surface area contributed by atoms with Gasteiger partial charge in [0, 0.05) is 11.4 Å². The molecule has 1 N–H and O–H groups in total. The van der Waals surface area contributed by atoms with Crippen molar-refractivity contribution < 1.29 is 19.4 Å². The molecule has 1 atom stereocenters. The summed E-state index contributed by atoms with van der Waals surface area (Å²) in [7, 11) is 0. The normalized spacial score (nSPS) is 17.8. The summed E-state index contributed by atoms with van der Waals surface area (Å²) < 4.78 is 5.28. The van der Waals surface area contributed by atoms with Crippen molar-refractivity contribution >= 4 is 29.4 Å². The number of aliphatic carboxylic acids is 1. The summed E-state index contributed by atoms with van der Waals surface area (Å²) >= 11 is 6.07. The van der Waals surface area contributed by atoms with Crippen LogP contribution >= 0.6 is 11.6 Å². The molecule has 0 saturated carbocycles. The lowest BCUT2D eigenvalue weighted by atomic mass is 10.1. The molecule has 0 radical (unpaired) electrons. The number of hydrogen-bond donors (Lipinski definition) is 1. The van der Waals surface area contributed by atoms with E-state index in [9.17, 15) is 14.7 Å². The van der Waals surface area contributed by atoms with Crippen LogP contribution in [0.1, 0.15) is 26.3 Å². The summed E-state index contributed by atoms with van der Waals surface area (Å²) in [5, 5.41) is 9.76. The first kappa shape index (κ1) is 14.7. The Hall–Kier alpha value is -1.75. The zero-order valence-corrected chi connectivity index (χ0v) is 12.3. The van der Waals surface area contributed by atoms with E-state index in [1.807, 2.05) is 0 Å². The van der Waals surface area contributed by atoms with Crippen molar-refractivity contribution in [3.05, 3.63) is 28.8 Å². The van der Waals surface area contributed by atoms with Crippen LogP contribution in [0.5, 0.6) is 0 Å². The molecule has 1 aromatic rings. The minimum atomic E-state index is -1.08. The Labute approximate surface area is 122 Å². The minimum absolute atomic E-state index is 0.184. The number of amides is 1. The first-order valence-electron chi connectivity index (χ1n) is 6.23. The van der Waals surface area contributed by atoms with E-state index < -0.39 is 23.7 Å². The van der Waals surface area contributed by atoms with Crippen molar-refractivity contribution in [2.45, 2.75) is 38.8 Å². The standard InChI is InChI=1S/C14H16ClNO4/c1-14(2,3)20-13(19)16-10-6-4-5-9(15)8(10)7-11(16)12(17)18/h4-6,11H,7H2,1-3H3,(H,17,18).